The van der Waals surface area contributed by atoms with E-state index in [1.165, 1.54) is 19.4 Å². The number of nitrogens with zero attached hydrogens (tertiary/aromatic N) is 2. The number of imidazole rings is 1. The average molecular weight is 497 g/mol. The van der Waals surface area contributed by atoms with E-state index in [2.05, 4.69) is 30.9 Å². The molecule has 0 aliphatic heterocycles. The van der Waals surface area contributed by atoms with Crippen LogP contribution in [0.15, 0.2) is 17.5 Å². The zero-order valence-electron chi connectivity index (χ0n) is 19.2. The highest BCUT2D eigenvalue weighted by Crippen LogP contribution is 2.02. The molecular formula is C19H32N10O6. The van der Waals surface area contributed by atoms with Gasteiger partial charge in [0, 0.05) is 24.9 Å². The number of primary amides is 1. The number of carboxylic acids is 1. The average Bonchev–Trinajstić information content (AvgIpc) is 3.27. The molecule has 0 aliphatic rings. The molecule has 194 valence electrons. The summed E-state index contributed by atoms with van der Waals surface area (Å²) in [5, 5.41) is 16.3. The van der Waals surface area contributed by atoms with Gasteiger partial charge in [-0.25, -0.2) is 9.78 Å². The predicted octanol–water partition coefficient (Wildman–Crippen LogP) is -4.23. The molecule has 16 heteroatoms. The first-order valence-corrected chi connectivity index (χ1v) is 10.6. The first-order chi connectivity index (χ1) is 16.4. The number of hydrogen-bond donors (Lipinski definition) is 9. The van der Waals surface area contributed by atoms with Crippen LogP contribution in [-0.4, -0.2) is 81.3 Å². The highest BCUT2D eigenvalue weighted by molar-refractivity contribution is 5.96. The number of carboxylic acid groups (broad SMARTS) is 1. The maximum Gasteiger partial charge on any atom is 0.326 e. The minimum atomic E-state index is -1.47. The van der Waals surface area contributed by atoms with Crippen LogP contribution in [-0.2, 0) is 30.4 Å². The number of aromatic nitrogens is 2. The molecule has 1 heterocycles. The Morgan fingerprint density at radius 1 is 1.06 bits per heavy atom. The third kappa shape index (κ3) is 11.0. The zero-order chi connectivity index (χ0) is 26.5. The Balaban J connectivity index is 2.72. The Labute approximate surface area is 200 Å². The molecule has 1 aromatic rings. The van der Waals surface area contributed by atoms with E-state index in [9.17, 15) is 29.1 Å². The monoisotopic (exact) mass is 496 g/mol. The molecule has 16 nitrogen and oxygen atoms in total. The van der Waals surface area contributed by atoms with Gasteiger partial charge in [-0.3, -0.25) is 24.2 Å². The van der Waals surface area contributed by atoms with E-state index in [-0.39, 0.29) is 31.8 Å². The summed E-state index contributed by atoms with van der Waals surface area (Å²) in [7, 11) is 0. The topological polar surface area (TPSA) is 287 Å². The summed E-state index contributed by atoms with van der Waals surface area (Å²) in [6.07, 6.45) is 2.70. The van der Waals surface area contributed by atoms with Gasteiger partial charge in [0.15, 0.2) is 5.96 Å². The van der Waals surface area contributed by atoms with E-state index in [1.807, 2.05) is 0 Å². The van der Waals surface area contributed by atoms with Crippen molar-refractivity contribution in [2.24, 2.45) is 27.9 Å². The van der Waals surface area contributed by atoms with Crippen LogP contribution in [0.2, 0.25) is 0 Å². The summed E-state index contributed by atoms with van der Waals surface area (Å²) in [6.45, 7) is 1.49. The van der Waals surface area contributed by atoms with E-state index in [0.717, 1.165) is 0 Å². The summed E-state index contributed by atoms with van der Waals surface area (Å²) < 4.78 is 0. The molecule has 4 unspecified atom stereocenters. The lowest BCUT2D eigenvalue weighted by Crippen LogP contribution is -2.57. The van der Waals surface area contributed by atoms with Crippen molar-refractivity contribution in [1.82, 2.24) is 25.9 Å². The number of H-pyrrole nitrogens is 1. The van der Waals surface area contributed by atoms with Crippen LogP contribution in [0.4, 0.5) is 0 Å². The van der Waals surface area contributed by atoms with E-state index in [4.69, 9.17) is 22.9 Å². The summed E-state index contributed by atoms with van der Waals surface area (Å²) in [5.41, 5.74) is 22.0. The van der Waals surface area contributed by atoms with Crippen molar-refractivity contribution in [2.75, 3.05) is 6.54 Å². The second kappa shape index (κ2) is 14.1. The van der Waals surface area contributed by atoms with Crippen LogP contribution in [0.5, 0.6) is 0 Å². The number of hydrogen-bond acceptors (Lipinski definition) is 8. The molecule has 0 aliphatic carbocycles. The Morgan fingerprint density at radius 3 is 2.26 bits per heavy atom. The van der Waals surface area contributed by atoms with Crippen LogP contribution in [0.3, 0.4) is 0 Å². The molecule has 13 N–H and O–H groups in total. The molecule has 0 saturated carbocycles. The number of carbonyl (C=O) groups is 5. The fourth-order valence-corrected chi connectivity index (χ4v) is 2.85. The maximum atomic E-state index is 12.6. The summed E-state index contributed by atoms with van der Waals surface area (Å²) in [6, 6.07) is -4.92. The number of nitrogens with one attached hydrogen (secondary N) is 4. The Kier molecular flexibility index (Phi) is 11.6. The molecule has 0 saturated heterocycles. The Morgan fingerprint density at radius 2 is 1.71 bits per heavy atom. The normalized spacial score (nSPS) is 14.0. The van der Waals surface area contributed by atoms with Crippen molar-refractivity contribution < 1.29 is 29.1 Å². The molecule has 4 atom stereocenters. The van der Waals surface area contributed by atoms with Gasteiger partial charge in [0.2, 0.25) is 23.6 Å². The van der Waals surface area contributed by atoms with Crippen LogP contribution in [0.1, 0.15) is 31.9 Å². The predicted molar refractivity (Wildman–Crippen MR) is 123 cm³/mol. The molecular weight excluding hydrogens is 464 g/mol. The van der Waals surface area contributed by atoms with E-state index in [0.29, 0.717) is 5.69 Å². The van der Waals surface area contributed by atoms with E-state index >= 15 is 0 Å². The van der Waals surface area contributed by atoms with Crippen LogP contribution in [0.25, 0.3) is 0 Å². The minimum Gasteiger partial charge on any atom is -0.480 e. The number of nitrogens with two attached hydrogens (primary N) is 4. The highest BCUT2D eigenvalue weighted by atomic mass is 16.4. The van der Waals surface area contributed by atoms with Gasteiger partial charge in [0.25, 0.3) is 0 Å². The second-order valence-electron chi connectivity index (χ2n) is 7.70. The Hall–Kier alpha value is -4.21. The number of aliphatic imine (C=N–C) groups is 1. The lowest BCUT2D eigenvalue weighted by Gasteiger charge is -2.23. The summed E-state index contributed by atoms with van der Waals surface area (Å²) >= 11 is 0. The quantitative estimate of drug-likeness (QED) is 0.0640. The SMILES string of the molecule is CC(NC(=O)C(N)Cc1cnc[nH]1)C(=O)NC(CC(N)=O)C(=O)NC(CCCN=C(N)N)C(=O)O. The largest absolute Gasteiger partial charge is 0.480 e. The Bertz CT molecular complexity index is 915. The smallest absolute Gasteiger partial charge is 0.326 e. The molecule has 0 bridgehead atoms. The molecule has 0 aromatic carbocycles. The van der Waals surface area contributed by atoms with Crippen LogP contribution >= 0.6 is 0 Å². The van der Waals surface area contributed by atoms with Crippen molar-refractivity contribution >= 4 is 35.6 Å². The molecule has 0 fully saturated rings. The number of amides is 4. The number of aliphatic carboxylic acids is 1. The van der Waals surface area contributed by atoms with Crippen molar-refractivity contribution in [1.29, 1.82) is 0 Å². The van der Waals surface area contributed by atoms with Gasteiger partial charge in [-0.2, -0.15) is 0 Å². The maximum absolute atomic E-state index is 12.6. The van der Waals surface area contributed by atoms with Gasteiger partial charge < -0.3 is 49.0 Å². The third-order valence-corrected chi connectivity index (χ3v) is 4.68. The van der Waals surface area contributed by atoms with Crippen molar-refractivity contribution in [3.63, 3.8) is 0 Å². The van der Waals surface area contributed by atoms with Gasteiger partial charge in [-0.15, -0.1) is 0 Å². The summed E-state index contributed by atoms with van der Waals surface area (Å²) in [5.74, 6) is -4.80. The second-order valence-corrected chi connectivity index (χ2v) is 7.70. The van der Waals surface area contributed by atoms with Gasteiger partial charge in [0.05, 0.1) is 18.8 Å². The lowest BCUT2D eigenvalue weighted by molar-refractivity contribution is -0.142. The fourth-order valence-electron chi connectivity index (χ4n) is 2.85. The molecule has 1 aromatic heterocycles. The number of aromatic amines is 1. The molecule has 4 amide bonds. The van der Waals surface area contributed by atoms with E-state index < -0.39 is 60.2 Å². The van der Waals surface area contributed by atoms with Gasteiger partial charge >= 0.3 is 5.97 Å². The third-order valence-electron chi connectivity index (χ3n) is 4.68. The fraction of sp³-hybridized carbons (Fsp3) is 0.526. The number of guanidine groups is 1. The molecule has 0 radical (unpaired) electrons. The van der Waals surface area contributed by atoms with Gasteiger partial charge in [0.1, 0.15) is 18.1 Å². The molecule has 0 spiro atoms. The number of rotatable bonds is 15. The zero-order valence-corrected chi connectivity index (χ0v) is 19.2. The van der Waals surface area contributed by atoms with E-state index in [1.54, 1.807) is 0 Å². The van der Waals surface area contributed by atoms with Gasteiger partial charge in [-0.1, -0.05) is 0 Å². The summed E-state index contributed by atoms with van der Waals surface area (Å²) in [4.78, 5) is 70.7. The molecule has 1 rings (SSSR count). The van der Waals surface area contributed by atoms with Crippen LogP contribution < -0.4 is 38.9 Å². The van der Waals surface area contributed by atoms with Crippen molar-refractivity contribution in [3.8, 4) is 0 Å². The number of carbonyl (C=O) groups excluding carboxylic acids is 4. The molecule has 35 heavy (non-hydrogen) atoms. The minimum absolute atomic E-state index is 0.0181. The van der Waals surface area contributed by atoms with Crippen molar-refractivity contribution in [2.45, 2.75) is 56.8 Å². The van der Waals surface area contributed by atoms with Crippen molar-refractivity contribution in [3.05, 3.63) is 18.2 Å². The lowest BCUT2D eigenvalue weighted by atomic mass is 10.1. The highest BCUT2D eigenvalue weighted by Gasteiger charge is 2.29. The van der Waals surface area contributed by atoms with Gasteiger partial charge in [-0.05, 0) is 19.8 Å². The first kappa shape index (κ1) is 28.8. The van der Waals surface area contributed by atoms with Crippen LogP contribution in [0, 0.1) is 0 Å². The standard InChI is InChI=1S/C19H32N10O6/c1-9(27-16(32)11(20)5-10-7-24-8-26-10)15(31)29-13(6-14(21)30)17(33)28-12(18(34)35)3-2-4-25-19(22)23/h7-9,11-13H,2-6,20H2,1H3,(H2,21,30)(H,24,26)(H,27,32)(H,28,33)(H,29,31)(H,34,35)(H4,22,23,25). The first-order valence-electron chi connectivity index (χ1n) is 10.6.